The third-order valence-electron chi connectivity index (χ3n) is 1.11. The minimum atomic E-state index is -1.26. The van der Waals surface area contributed by atoms with E-state index in [1.807, 2.05) is 0 Å². The molecule has 0 radical (unpaired) electrons. The fraction of sp³-hybridized carbons (Fsp3) is 0.500. The SMILES string of the molecule is C1COCCO1.O=C(O)/C=C/C(=O)O. The van der Waals surface area contributed by atoms with Crippen LogP contribution in [-0.4, -0.2) is 48.6 Å². The first-order valence-corrected chi connectivity index (χ1v) is 3.92. The molecule has 0 aromatic heterocycles. The van der Waals surface area contributed by atoms with Gasteiger partial charge in [0.25, 0.3) is 0 Å². The molecule has 6 heteroatoms. The van der Waals surface area contributed by atoms with Crippen LogP contribution in [0, 0.1) is 0 Å². The molecule has 6 nitrogen and oxygen atoms in total. The molecule has 1 aliphatic rings. The number of hydrogen-bond donors (Lipinski definition) is 2. The van der Waals surface area contributed by atoms with Crippen LogP contribution in [0.15, 0.2) is 12.2 Å². The Morgan fingerprint density at radius 2 is 1.14 bits per heavy atom. The summed E-state index contributed by atoms with van der Waals surface area (Å²) in [6, 6.07) is 0. The van der Waals surface area contributed by atoms with Crippen molar-refractivity contribution in [3.8, 4) is 0 Å². The molecule has 0 atom stereocenters. The molecule has 0 saturated carbocycles. The summed E-state index contributed by atoms with van der Waals surface area (Å²) in [7, 11) is 0. The van der Waals surface area contributed by atoms with Crippen molar-refractivity contribution in [1.82, 2.24) is 0 Å². The molecule has 1 fully saturated rings. The minimum Gasteiger partial charge on any atom is -0.478 e. The van der Waals surface area contributed by atoms with E-state index in [4.69, 9.17) is 19.7 Å². The topological polar surface area (TPSA) is 93.1 Å². The molecular weight excluding hydrogens is 192 g/mol. The van der Waals surface area contributed by atoms with Crippen molar-refractivity contribution in [1.29, 1.82) is 0 Å². The predicted octanol–water partition coefficient (Wildman–Crippen LogP) is -0.255. The molecule has 1 rings (SSSR count). The summed E-state index contributed by atoms with van der Waals surface area (Å²) < 4.78 is 9.89. The van der Waals surface area contributed by atoms with Crippen LogP contribution in [0.4, 0.5) is 0 Å². The maximum atomic E-state index is 9.55. The smallest absolute Gasteiger partial charge is 0.328 e. The Morgan fingerprint density at radius 1 is 0.857 bits per heavy atom. The van der Waals surface area contributed by atoms with Gasteiger partial charge in [0.15, 0.2) is 0 Å². The lowest BCUT2D eigenvalue weighted by Gasteiger charge is -2.09. The Labute approximate surface area is 80.7 Å². The highest BCUT2D eigenvalue weighted by Gasteiger charge is 1.94. The van der Waals surface area contributed by atoms with Crippen LogP contribution in [0.1, 0.15) is 0 Å². The molecule has 0 aliphatic carbocycles. The summed E-state index contributed by atoms with van der Waals surface area (Å²) in [5.41, 5.74) is 0. The highest BCUT2D eigenvalue weighted by atomic mass is 16.6. The quantitative estimate of drug-likeness (QED) is 0.602. The molecule has 14 heavy (non-hydrogen) atoms. The Bertz CT molecular complexity index is 178. The lowest BCUT2D eigenvalue weighted by atomic mass is 10.5. The summed E-state index contributed by atoms with van der Waals surface area (Å²) in [4.78, 5) is 19.1. The molecule has 0 aromatic carbocycles. The summed E-state index contributed by atoms with van der Waals surface area (Å²) in [5.74, 6) is -2.51. The number of hydrogen-bond acceptors (Lipinski definition) is 4. The third-order valence-corrected chi connectivity index (χ3v) is 1.11. The van der Waals surface area contributed by atoms with E-state index in [1.165, 1.54) is 0 Å². The average molecular weight is 204 g/mol. The van der Waals surface area contributed by atoms with E-state index in [9.17, 15) is 9.59 Å². The van der Waals surface area contributed by atoms with Gasteiger partial charge in [0.05, 0.1) is 26.4 Å². The highest BCUT2D eigenvalue weighted by Crippen LogP contribution is 1.85. The molecule has 1 saturated heterocycles. The Hall–Kier alpha value is -1.40. The van der Waals surface area contributed by atoms with Crippen molar-refractivity contribution in [2.45, 2.75) is 0 Å². The van der Waals surface area contributed by atoms with Crippen LogP contribution in [0.5, 0.6) is 0 Å². The van der Waals surface area contributed by atoms with Gasteiger partial charge in [0.1, 0.15) is 0 Å². The van der Waals surface area contributed by atoms with E-state index < -0.39 is 11.9 Å². The van der Waals surface area contributed by atoms with Gasteiger partial charge in [0, 0.05) is 12.2 Å². The van der Waals surface area contributed by atoms with E-state index in [1.54, 1.807) is 0 Å². The second-order valence-corrected chi connectivity index (χ2v) is 2.23. The maximum absolute atomic E-state index is 9.55. The second-order valence-electron chi connectivity index (χ2n) is 2.23. The predicted molar refractivity (Wildman–Crippen MR) is 46.0 cm³/mol. The lowest BCUT2D eigenvalue weighted by Crippen LogP contribution is -2.16. The molecule has 0 unspecified atom stereocenters. The standard InChI is InChI=1S/C4H4O4.C4H8O2/c5-3(6)1-2-4(7)8;1-2-6-4-3-5-1/h1-2H,(H,5,6)(H,7,8);1-4H2/b2-1+;. The van der Waals surface area contributed by atoms with E-state index in [0.717, 1.165) is 26.4 Å². The number of carbonyl (C=O) groups is 2. The number of carboxylic acid groups (broad SMARTS) is 2. The first-order chi connectivity index (χ1) is 6.63. The second kappa shape index (κ2) is 8.21. The van der Waals surface area contributed by atoms with E-state index in [0.29, 0.717) is 12.2 Å². The van der Waals surface area contributed by atoms with Gasteiger partial charge < -0.3 is 19.7 Å². The van der Waals surface area contributed by atoms with Gasteiger partial charge in [-0.25, -0.2) is 9.59 Å². The molecule has 80 valence electrons. The molecule has 0 aromatic rings. The Morgan fingerprint density at radius 3 is 1.29 bits per heavy atom. The first kappa shape index (κ1) is 12.6. The fourth-order valence-electron chi connectivity index (χ4n) is 0.582. The van der Waals surface area contributed by atoms with E-state index in [2.05, 4.69) is 0 Å². The van der Waals surface area contributed by atoms with Crippen molar-refractivity contribution in [3.05, 3.63) is 12.2 Å². The molecule has 0 bridgehead atoms. The van der Waals surface area contributed by atoms with Crippen molar-refractivity contribution in [3.63, 3.8) is 0 Å². The van der Waals surface area contributed by atoms with Crippen LogP contribution >= 0.6 is 0 Å². The normalized spacial score (nSPS) is 15.7. The van der Waals surface area contributed by atoms with E-state index >= 15 is 0 Å². The van der Waals surface area contributed by atoms with Gasteiger partial charge in [0.2, 0.25) is 0 Å². The number of carboxylic acids is 2. The van der Waals surface area contributed by atoms with Gasteiger partial charge in [-0.2, -0.15) is 0 Å². The molecule has 1 aliphatic heterocycles. The van der Waals surface area contributed by atoms with Crippen molar-refractivity contribution < 1.29 is 29.3 Å². The van der Waals surface area contributed by atoms with Crippen LogP contribution in [0.3, 0.4) is 0 Å². The fourth-order valence-corrected chi connectivity index (χ4v) is 0.582. The molecule has 0 amide bonds. The number of aliphatic carboxylic acids is 2. The number of ether oxygens (including phenoxy) is 2. The monoisotopic (exact) mass is 204 g/mol. The highest BCUT2D eigenvalue weighted by molar-refractivity contribution is 5.89. The van der Waals surface area contributed by atoms with Crippen molar-refractivity contribution >= 4 is 11.9 Å². The molecule has 0 spiro atoms. The average Bonchev–Trinajstić information content (AvgIpc) is 2.18. The van der Waals surface area contributed by atoms with Gasteiger partial charge in [-0.15, -0.1) is 0 Å². The van der Waals surface area contributed by atoms with Crippen molar-refractivity contribution in [2.24, 2.45) is 0 Å². The summed E-state index contributed by atoms with van der Waals surface area (Å²) >= 11 is 0. The molecular formula is C8H12O6. The third kappa shape index (κ3) is 10.6. The first-order valence-electron chi connectivity index (χ1n) is 3.92. The Balaban J connectivity index is 0.000000249. The van der Waals surface area contributed by atoms with Crippen LogP contribution < -0.4 is 0 Å². The Kier molecular flexibility index (Phi) is 7.39. The van der Waals surface area contributed by atoms with Gasteiger partial charge in [-0.1, -0.05) is 0 Å². The molecule has 1 heterocycles. The van der Waals surface area contributed by atoms with Gasteiger partial charge >= 0.3 is 11.9 Å². The zero-order valence-corrected chi connectivity index (χ0v) is 7.51. The van der Waals surface area contributed by atoms with Gasteiger partial charge in [-0.3, -0.25) is 0 Å². The summed E-state index contributed by atoms with van der Waals surface area (Å²) in [5, 5.41) is 15.6. The number of rotatable bonds is 2. The summed E-state index contributed by atoms with van der Waals surface area (Å²) in [6.45, 7) is 3.11. The minimum absolute atomic E-state index is 0.558. The zero-order valence-electron chi connectivity index (χ0n) is 7.51. The lowest BCUT2D eigenvalue weighted by molar-refractivity contribution is -0.134. The summed E-state index contributed by atoms with van der Waals surface area (Å²) in [6.07, 6.45) is 1.12. The van der Waals surface area contributed by atoms with E-state index in [-0.39, 0.29) is 0 Å². The maximum Gasteiger partial charge on any atom is 0.328 e. The molecule has 2 N–H and O–H groups in total. The largest absolute Gasteiger partial charge is 0.478 e. The van der Waals surface area contributed by atoms with Gasteiger partial charge in [-0.05, 0) is 0 Å². The van der Waals surface area contributed by atoms with Crippen LogP contribution in [0.2, 0.25) is 0 Å². The van der Waals surface area contributed by atoms with Crippen molar-refractivity contribution in [2.75, 3.05) is 26.4 Å². The van der Waals surface area contributed by atoms with Crippen LogP contribution in [0.25, 0.3) is 0 Å². The van der Waals surface area contributed by atoms with Crippen LogP contribution in [-0.2, 0) is 19.1 Å². The zero-order chi connectivity index (χ0) is 10.8.